The van der Waals surface area contributed by atoms with Crippen molar-refractivity contribution < 1.29 is 0 Å². The second-order valence-corrected chi connectivity index (χ2v) is 6.36. The number of rotatable bonds is 5. The van der Waals surface area contributed by atoms with E-state index in [2.05, 4.69) is 50.2 Å². The van der Waals surface area contributed by atoms with Crippen molar-refractivity contribution in [3.63, 3.8) is 0 Å². The summed E-state index contributed by atoms with van der Waals surface area (Å²) >= 11 is 0. The van der Waals surface area contributed by atoms with Gasteiger partial charge in [-0.15, -0.1) is 5.10 Å². The molecule has 1 aliphatic heterocycles. The number of anilines is 1. The molecule has 3 rings (SSSR count). The topological polar surface area (TPSA) is 45.2 Å². The van der Waals surface area contributed by atoms with Crippen LogP contribution >= 0.6 is 0 Å². The molecule has 0 saturated carbocycles. The molecule has 23 heavy (non-hydrogen) atoms. The third kappa shape index (κ3) is 4.26. The summed E-state index contributed by atoms with van der Waals surface area (Å²) in [6.07, 6.45) is 7.27. The number of hydrogen-bond acceptors (Lipinski definition) is 5. The van der Waals surface area contributed by atoms with Crippen molar-refractivity contribution in [3.8, 4) is 0 Å². The van der Waals surface area contributed by atoms with Gasteiger partial charge in [0.2, 0.25) is 0 Å². The number of pyridine rings is 1. The van der Waals surface area contributed by atoms with Gasteiger partial charge in [-0.1, -0.05) is 0 Å². The number of likely N-dealkylation sites (N-methyl/N-ethyl adjacent to an activating group) is 1. The molecule has 0 aromatic carbocycles. The third-order valence-electron chi connectivity index (χ3n) is 4.63. The zero-order valence-electron chi connectivity index (χ0n) is 14.0. The van der Waals surface area contributed by atoms with Crippen molar-refractivity contribution in [2.75, 3.05) is 31.6 Å². The predicted molar refractivity (Wildman–Crippen MR) is 92.6 cm³/mol. The summed E-state index contributed by atoms with van der Waals surface area (Å²) < 4.78 is 0. The molecule has 0 spiro atoms. The lowest BCUT2D eigenvalue weighted by atomic mass is 10.0. The van der Waals surface area contributed by atoms with Crippen LogP contribution in [0.4, 0.5) is 5.82 Å². The molecule has 122 valence electrons. The highest BCUT2D eigenvalue weighted by Gasteiger charge is 2.24. The monoisotopic (exact) mass is 311 g/mol. The van der Waals surface area contributed by atoms with E-state index in [9.17, 15) is 0 Å². The van der Waals surface area contributed by atoms with Crippen LogP contribution in [-0.4, -0.2) is 52.8 Å². The predicted octanol–water partition coefficient (Wildman–Crippen LogP) is 2.32. The van der Waals surface area contributed by atoms with Crippen LogP contribution in [0.15, 0.2) is 36.7 Å². The van der Waals surface area contributed by atoms with Crippen LogP contribution in [0, 0.1) is 6.92 Å². The number of hydrogen-bond donors (Lipinski definition) is 0. The highest BCUT2D eigenvalue weighted by Crippen LogP contribution is 2.20. The van der Waals surface area contributed by atoms with E-state index in [1.165, 1.54) is 18.4 Å². The lowest BCUT2D eigenvalue weighted by Crippen LogP contribution is -2.47. The van der Waals surface area contributed by atoms with Gasteiger partial charge in [-0.3, -0.25) is 4.98 Å². The van der Waals surface area contributed by atoms with Gasteiger partial charge >= 0.3 is 0 Å². The molecule has 3 heterocycles. The van der Waals surface area contributed by atoms with Crippen LogP contribution in [0.5, 0.6) is 0 Å². The number of piperidine rings is 1. The summed E-state index contributed by atoms with van der Waals surface area (Å²) in [5.74, 6) is 1.00. The first-order valence-electron chi connectivity index (χ1n) is 8.37. The Labute approximate surface area is 138 Å². The minimum atomic E-state index is 0.577. The van der Waals surface area contributed by atoms with Crippen molar-refractivity contribution in [2.45, 2.75) is 32.2 Å². The Morgan fingerprint density at radius 2 is 2.00 bits per heavy atom. The van der Waals surface area contributed by atoms with E-state index < -0.39 is 0 Å². The largest absolute Gasteiger partial charge is 0.354 e. The van der Waals surface area contributed by atoms with E-state index in [1.54, 1.807) is 0 Å². The fourth-order valence-electron chi connectivity index (χ4n) is 3.12. The normalized spacial score (nSPS) is 18.4. The molecular formula is C18H25N5. The van der Waals surface area contributed by atoms with Crippen LogP contribution < -0.4 is 4.90 Å². The van der Waals surface area contributed by atoms with Gasteiger partial charge in [0.15, 0.2) is 5.82 Å². The molecule has 2 aromatic heterocycles. The Bertz CT molecular complexity index is 599. The van der Waals surface area contributed by atoms with E-state index >= 15 is 0 Å². The minimum Gasteiger partial charge on any atom is -0.354 e. The minimum absolute atomic E-state index is 0.577. The maximum atomic E-state index is 4.34. The highest BCUT2D eigenvalue weighted by atomic mass is 15.3. The number of aryl methyl sites for hydroxylation is 1. The van der Waals surface area contributed by atoms with Gasteiger partial charge in [-0.05, 0) is 63.1 Å². The fourth-order valence-corrected chi connectivity index (χ4v) is 3.12. The van der Waals surface area contributed by atoms with Gasteiger partial charge < -0.3 is 9.80 Å². The Hall–Kier alpha value is -2.01. The molecule has 1 atom stereocenters. The molecule has 5 nitrogen and oxygen atoms in total. The van der Waals surface area contributed by atoms with Crippen LogP contribution in [0.3, 0.4) is 0 Å². The molecule has 5 heteroatoms. The molecule has 1 fully saturated rings. The zero-order valence-corrected chi connectivity index (χ0v) is 14.0. The third-order valence-corrected chi connectivity index (χ3v) is 4.63. The zero-order chi connectivity index (χ0) is 16.1. The average molecular weight is 311 g/mol. The Balaban J connectivity index is 1.56. The van der Waals surface area contributed by atoms with Gasteiger partial charge in [0.05, 0.1) is 5.69 Å². The summed E-state index contributed by atoms with van der Waals surface area (Å²) in [6, 6.07) is 8.90. The standard InChI is InChI=1S/C18H25N5/c1-15-5-6-18(21-20-15)23-12-3-4-17(14-23)22(2)13-9-16-7-10-19-11-8-16/h5-8,10-11,17H,3-4,9,12-14H2,1-2H3/t17-/m1/s1. The molecule has 1 aliphatic rings. The van der Waals surface area contributed by atoms with Crippen molar-refractivity contribution in [1.29, 1.82) is 0 Å². The number of aromatic nitrogens is 3. The average Bonchev–Trinajstić information content (AvgIpc) is 2.61. The molecule has 0 radical (unpaired) electrons. The van der Waals surface area contributed by atoms with Gasteiger partial charge in [-0.25, -0.2) is 0 Å². The van der Waals surface area contributed by atoms with E-state index in [-0.39, 0.29) is 0 Å². The second-order valence-electron chi connectivity index (χ2n) is 6.36. The van der Waals surface area contributed by atoms with E-state index in [0.29, 0.717) is 6.04 Å². The van der Waals surface area contributed by atoms with Crippen molar-refractivity contribution >= 4 is 5.82 Å². The van der Waals surface area contributed by atoms with E-state index in [1.807, 2.05) is 25.4 Å². The van der Waals surface area contributed by atoms with Crippen LogP contribution in [0.1, 0.15) is 24.1 Å². The van der Waals surface area contributed by atoms with Gasteiger partial charge in [-0.2, -0.15) is 5.10 Å². The molecular weight excluding hydrogens is 286 g/mol. The van der Waals surface area contributed by atoms with Crippen molar-refractivity contribution in [1.82, 2.24) is 20.1 Å². The second kappa shape index (κ2) is 7.51. The van der Waals surface area contributed by atoms with E-state index in [4.69, 9.17) is 0 Å². The molecule has 0 amide bonds. The fraction of sp³-hybridized carbons (Fsp3) is 0.500. The first-order chi connectivity index (χ1) is 11.2. The lowest BCUT2D eigenvalue weighted by Gasteiger charge is -2.38. The summed E-state index contributed by atoms with van der Waals surface area (Å²) in [7, 11) is 2.23. The van der Waals surface area contributed by atoms with Crippen LogP contribution in [-0.2, 0) is 6.42 Å². The first kappa shape index (κ1) is 15.9. The smallest absolute Gasteiger partial charge is 0.151 e. The number of nitrogens with zero attached hydrogens (tertiary/aromatic N) is 5. The molecule has 0 N–H and O–H groups in total. The molecule has 1 saturated heterocycles. The Kier molecular flexibility index (Phi) is 5.18. The Morgan fingerprint density at radius 3 is 2.74 bits per heavy atom. The Morgan fingerprint density at radius 1 is 1.17 bits per heavy atom. The van der Waals surface area contributed by atoms with E-state index in [0.717, 1.165) is 37.6 Å². The highest BCUT2D eigenvalue weighted by molar-refractivity contribution is 5.38. The summed E-state index contributed by atoms with van der Waals surface area (Å²) in [4.78, 5) is 8.92. The summed E-state index contributed by atoms with van der Waals surface area (Å²) in [6.45, 7) is 5.15. The van der Waals surface area contributed by atoms with Crippen molar-refractivity contribution in [2.24, 2.45) is 0 Å². The lowest BCUT2D eigenvalue weighted by molar-refractivity contribution is 0.217. The maximum absolute atomic E-state index is 4.34. The summed E-state index contributed by atoms with van der Waals surface area (Å²) in [5.41, 5.74) is 2.32. The summed E-state index contributed by atoms with van der Waals surface area (Å²) in [5, 5.41) is 8.53. The van der Waals surface area contributed by atoms with Crippen molar-refractivity contribution in [3.05, 3.63) is 47.9 Å². The van der Waals surface area contributed by atoms with Crippen LogP contribution in [0.25, 0.3) is 0 Å². The van der Waals surface area contributed by atoms with Gasteiger partial charge in [0.25, 0.3) is 0 Å². The molecule has 0 aliphatic carbocycles. The quantitative estimate of drug-likeness (QED) is 0.848. The molecule has 0 unspecified atom stereocenters. The van der Waals surface area contributed by atoms with Gasteiger partial charge in [0, 0.05) is 38.1 Å². The van der Waals surface area contributed by atoms with Crippen LogP contribution in [0.2, 0.25) is 0 Å². The molecule has 2 aromatic rings. The van der Waals surface area contributed by atoms with Gasteiger partial charge in [0.1, 0.15) is 0 Å². The maximum Gasteiger partial charge on any atom is 0.151 e. The SMILES string of the molecule is Cc1ccc(N2CCC[C@@H](N(C)CCc3ccncc3)C2)nn1. The first-order valence-corrected chi connectivity index (χ1v) is 8.37. The molecule has 0 bridgehead atoms.